The first-order chi connectivity index (χ1) is 15.6. The molecule has 0 fully saturated rings. The Morgan fingerprint density at radius 2 is 2.03 bits per heavy atom. The van der Waals surface area contributed by atoms with Gasteiger partial charge < -0.3 is 14.6 Å². The summed E-state index contributed by atoms with van der Waals surface area (Å²) in [5.41, 5.74) is 3.37. The minimum atomic E-state index is -0.293. The molecule has 4 rings (SSSR count). The summed E-state index contributed by atoms with van der Waals surface area (Å²) < 4.78 is 21.0. The molecule has 0 aliphatic carbocycles. The lowest BCUT2D eigenvalue weighted by Crippen LogP contribution is -2.24. The number of nitrogens with one attached hydrogen (secondary N) is 1. The molecule has 0 bridgehead atoms. The first-order valence-electron chi connectivity index (χ1n) is 10.3. The second-order valence-corrected chi connectivity index (χ2v) is 7.31. The van der Waals surface area contributed by atoms with Gasteiger partial charge in [0.15, 0.2) is 0 Å². The topological polar surface area (TPSA) is 69.0 Å². The second-order valence-electron chi connectivity index (χ2n) is 7.31. The first kappa shape index (κ1) is 21.2. The van der Waals surface area contributed by atoms with Crippen LogP contribution in [0.2, 0.25) is 0 Å². The van der Waals surface area contributed by atoms with Crippen LogP contribution in [0.25, 0.3) is 17.1 Å². The normalized spacial score (nSPS) is 11.2. The Balaban J connectivity index is 1.25. The van der Waals surface area contributed by atoms with Crippen LogP contribution in [0, 0.1) is 5.82 Å². The third kappa shape index (κ3) is 5.37. The van der Waals surface area contributed by atoms with E-state index in [1.165, 1.54) is 18.2 Å². The van der Waals surface area contributed by atoms with E-state index in [0.717, 1.165) is 33.7 Å². The van der Waals surface area contributed by atoms with Crippen molar-refractivity contribution in [3.05, 3.63) is 95.8 Å². The molecule has 2 aromatic heterocycles. The number of hydrogen-bond donors (Lipinski definition) is 1. The quantitative estimate of drug-likeness (QED) is 0.428. The van der Waals surface area contributed by atoms with Gasteiger partial charge in [-0.2, -0.15) is 0 Å². The maximum absolute atomic E-state index is 13.4. The number of rotatable bonds is 8. The number of benzene rings is 2. The second kappa shape index (κ2) is 9.87. The summed E-state index contributed by atoms with van der Waals surface area (Å²) in [6.45, 7) is 0.885. The number of hydrogen-bond acceptors (Lipinski definition) is 4. The lowest BCUT2D eigenvalue weighted by molar-refractivity contribution is -0.116. The predicted molar refractivity (Wildman–Crippen MR) is 121 cm³/mol. The Morgan fingerprint density at radius 3 is 2.81 bits per heavy atom. The number of aromatic nitrogens is 3. The van der Waals surface area contributed by atoms with Gasteiger partial charge in [0, 0.05) is 44.0 Å². The number of halogens is 1. The van der Waals surface area contributed by atoms with Gasteiger partial charge in [-0.05, 0) is 48.0 Å². The standard InChI is InChI=1S/C25H23FN4O2/c1-30-23-15-20(26)7-10-22(23)29-24(30)12-14-28-25(31)11-6-18-4-8-21(9-5-18)32-17-19-3-2-13-27-16-19/h2-11,13,15-16H,12,14,17H2,1H3,(H,28,31)/b11-6+. The summed E-state index contributed by atoms with van der Waals surface area (Å²) >= 11 is 0. The number of carbonyl (C=O) groups is 1. The number of aryl methyl sites for hydroxylation is 1. The van der Waals surface area contributed by atoms with Gasteiger partial charge in [0.1, 0.15) is 24.0 Å². The van der Waals surface area contributed by atoms with Crippen molar-refractivity contribution in [3.8, 4) is 5.75 Å². The Morgan fingerprint density at radius 1 is 1.19 bits per heavy atom. The Kier molecular flexibility index (Phi) is 6.55. The number of pyridine rings is 1. The number of imidazole rings is 1. The molecule has 0 aliphatic heterocycles. The minimum Gasteiger partial charge on any atom is -0.489 e. The zero-order valence-electron chi connectivity index (χ0n) is 17.7. The SMILES string of the molecule is Cn1c(CCNC(=O)/C=C/c2ccc(OCc3cccnc3)cc2)nc2ccc(F)cc21. The molecule has 1 amide bonds. The molecule has 0 atom stereocenters. The molecule has 1 N–H and O–H groups in total. The Bertz CT molecular complexity index is 1230. The van der Waals surface area contributed by atoms with E-state index in [-0.39, 0.29) is 11.7 Å². The van der Waals surface area contributed by atoms with E-state index < -0.39 is 0 Å². The number of nitrogens with zero attached hydrogens (tertiary/aromatic N) is 3. The lowest BCUT2D eigenvalue weighted by atomic mass is 10.2. The molecule has 2 aromatic carbocycles. The Hall–Kier alpha value is -4.00. The molecule has 0 aliphatic rings. The summed E-state index contributed by atoms with van der Waals surface area (Å²) in [4.78, 5) is 20.7. The number of carbonyl (C=O) groups excluding carboxylic acids is 1. The van der Waals surface area contributed by atoms with Crippen molar-refractivity contribution in [1.29, 1.82) is 0 Å². The van der Waals surface area contributed by atoms with Crippen molar-refractivity contribution >= 4 is 23.0 Å². The van der Waals surface area contributed by atoms with Gasteiger partial charge in [-0.25, -0.2) is 9.37 Å². The van der Waals surface area contributed by atoms with Crippen LogP contribution in [0.4, 0.5) is 4.39 Å². The van der Waals surface area contributed by atoms with Gasteiger partial charge in [-0.15, -0.1) is 0 Å². The maximum atomic E-state index is 13.4. The molecule has 2 heterocycles. The fourth-order valence-corrected chi connectivity index (χ4v) is 3.29. The summed E-state index contributed by atoms with van der Waals surface area (Å²) in [5.74, 6) is 1.06. The van der Waals surface area contributed by atoms with Crippen molar-refractivity contribution < 1.29 is 13.9 Å². The molecular weight excluding hydrogens is 407 g/mol. The average molecular weight is 430 g/mol. The maximum Gasteiger partial charge on any atom is 0.244 e. The monoisotopic (exact) mass is 430 g/mol. The van der Waals surface area contributed by atoms with Crippen LogP contribution >= 0.6 is 0 Å². The third-order valence-electron chi connectivity index (χ3n) is 5.02. The minimum absolute atomic E-state index is 0.188. The summed E-state index contributed by atoms with van der Waals surface area (Å²) in [6, 6.07) is 15.8. The van der Waals surface area contributed by atoms with Crippen molar-refractivity contribution in [2.24, 2.45) is 7.05 Å². The highest BCUT2D eigenvalue weighted by atomic mass is 19.1. The third-order valence-corrected chi connectivity index (χ3v) is 5.02. The molecule has 7 heteroatoms. The van der Waals surface area contributed by atoms with Crippen molar-refractivity contribution in [3.63, 3.8) is 0 Å². The molecule has 162 valence electrons. The number of amides is 1. The lowest BCUT2D eigenvalue weighted by Gasteiger charge is -2.06. The van der Waals surface area contributed by atoms with Gasteiger partial charge in [-0.3, -0.25) is 9.78 Å². The van der Waals surface area contributed by atoms with Crippen molar-refractivity contribution in [1.82, 2.24) is 19.9 Å². The fraction of sp³-hybridized carbons (Fsp3) is 0.160. The smallest absolute Gasteiger partial charge is 0.244 e. The van der Waals surface area contributed by atoms with Crippen LogP contribution in [-0.2, 0) is 24.9 Å². The van der Waals surface area contributed by atoms with Gasteiger partial charge in [0.05, 0.1) is 11.0 Å². The van der Waals surface area contributed by atoms with E-state index in [4.69, 9.17) is 4.74 Å². The van der Waals surface area contributed by atoms with Gasteiger partial charge in [0.2, 0.25) is 5.91 Å². The largest absolute Gasteiger partial charge is 0.489 e. The van der Waals surface area contributed by atoms with Crippen LogP contribution in [0.3, 0.4) is 0 Å². The molecule has 32 heavy (non-hydrogen) atoms. The number of ether oxygens (including phenoxy) is 1. The first-order valence-corrected chi connectivity index (χ1v) is 10.3. The van der Waals surface area contributed by atoms with E-state index >= 15 is 0 Å². The predicted octanol–water partition coefficient (Wildman–Crippen LogP) is 4.06. The van der Waals surface area contributed by atoms with Crippen LogP contribution < -0.4 is 10.1 Å². The van der Waals surface area contributed by atoms with Crippen LogP contribution in [0.15, 0.2) is 73.1 Å². The van der Waals surface area contributed by atoms with Crippen molar-refractivity contribution in [2.45, 2.75) is 13.0 Å². The summed E-state index contributed by atoms with van der Waals surface area (Å²) in [7, 11) is 1.84. The highest BCUT2D eigenvalue weighted by Gasteiger charge is 2.08. The average Bonchev–Trinajstić information content (AvgIpc) is 3.12. The molecule has 0 unspecified atom stereocenters. The van der Waals surface area contributed by atoms with E-state index in [0.29, 0.717) is 19.6 Å². The molecule has 4 aromatic rings. The van der Waals surface area contributed by atoms with E-state index in [2.05, 4.69) is 15.3 Å². The highest BCUT2D eigenvalue weighted by Crippen LogP contribution is 2.17. The van der Waals surface area contributed by atoms with Crippen molar-refractivity contribution in [2.75, 3.05) is 6.54 Å². The summed E-state index contributed by atoms with van der Waals surface area (Å²) in [5, 5.41) is 2.85. The number of fused-ring (bicyclic) bond motifs is 1. The Labute approximate surface area is 185 Å². The summed E-state index contributed by atoms with van der Waals surface area (Å²) in [6.07, 6.45) is 7.29. The zero-order valence-corrected chi connectivity index (χ0v) is 17.7. The molecule has 0 saturated carbocycles. The van der Waals surface area contributed by atoms with Gasteiger partial charge in [0.25, 0.3) is 0 Å². The molecule has 0 spiro atoms. The molecule has 6 nitrogen and oxygen atoms in total. The fourth-order valence-electron chi connectivity index (χ4n) is 3.29. The van der Waals surface area contributed by atoms with E-state index in [9.17, 15) is 9.18 Å². The molecule has 0 radical (unpaired) electrons. The van der Waals surface area contributed by atoms with Gasteiger partial charge >= 0.3 is 0 Å². The highest BCUT2D eigenvalue weighted by molar-refractivity contribution is 5.91. The van der Waals surface area contributed by atoms with E-state index in [1.807, 2.05) is 48.0 Å². The van der Waals surface area contributed by atoms with Crippen LogP contribution in [0.1, 0.15) is 17.0 Å². The van der Waals surface area contributed by atoms with Crippen LogP contribution in [0.5, 0.6) is 5.75 Å². The van der Waals surface area contributed by atoms with Crippen LogP contribution in [-0.4, -0.2) is 27.0 Å². The van der Waals surface area contributed by atoms with E-state index in [1.54, 1.807) is 24.5 Å². The molecular formula is C25H23FN4O2. The zero-order chi connectivity index (χ0) is 22.3. The molecule has 0 saturated heterocycles. The van der Waals surface area contributed by atoms with Gasteiger partial charge in [-0.1, -0.05) is 18.2 Å².